The van der Waals surface area contributed by atoms with E-state index in [1.54, 1.807) is 23.0 Å². The Morgan fingerprint density at radius 3 is 2.66 bits per heavy atom. The molecule has 0 spiro atoms. The standard InChI is InChI=1S/C21H18N4O3S/c1-3-19-24-25-11-17(23-21(25)29-19)20-22-16-9-8-15(10-18(16)28-20)27-12-13-4-6-14(26-2)7-5-13/h4-11H,3,12H2,1-2H3. The van der Waals surface area contributed by atoms with Crippen LogP contribution in [0.4, 0.5) is 0 Å². The molecule has 0 fully saturated rings. The molecule has 0 atom stereocenters. The van der Waals surface area contributed by atoms with Crippen LogP contribution in [0, 0.1) is 0 Å². The van der Waals surface area contributed by atoms with Crippen molar-refractivity contribution in [2.45, 2.75) is 20.0 Å². The SMILES string of the molecule is CCc1nn2cc(-c3nc4ccc(OCc5ccc(OC)cc5)cc4o3)nc2s1. The maximum Gasteiger partial charge on any atom is 0.247 e. The molecule has 0 radical (unpaired) electrons. The van der Waals surface area contributed by atoms with Gasteiger partial charge in [-0.25, -0.2) is 14.5 Å². The summed E-state index contributed by atoms with van der Waals surface area (Å²) in [5.41, 5.74) is 3.14. The monoisotopic (exact) mass is 406 g/mol. The van der Waals surface area contributed by atoms with Crippen LogP contribution in [0.15, 0.2) is 53.1 Å². The number of hydrogen-bond acceptors (Lipinski definition) is 7. The van der Waals surface area contributed by atoms with E-state index < -0.39 is 0 Å². The van der Waals surface area contributed by atoms with Crippen molar-refractivity contribution in [1.82, 2.24) is 19.6 Å². The van der Waals surface area contributed by atoms with Gasteiger partial charge in [-0.3, -0.25) is 0 Å². The molecule has 5 rings (SSSR count). The average molecular weight is 406 g/mol. The van der Waals surface area contributed by atoms with Gasteiger partial charge in [0.1, 0.15) is 34.3 Å². The number of nitrogens with zero attached hydrogens (tertiary/aromatic N) is 4. The van der Waals surface area contributed by atoms with Crippen LogP contribution in [-0.2, 0) is 13.0 Å². The molecular formula is C21H18N4O3S. The summed E-state index contributed by atoms with van der Waals surface area (Å²) < 4.78 is 18.8. The van der Waals surface area contributed by atoms with Crippen molar-refractivity contribution in [3.8, 4) is 23.1 Å². The molecule has 7 nitrogen and oxygen atoms in total. The quantitative estimate of drug-likeness (QED) is 0.405. The van der Waals surface area contributed by atoms with E-state index in [9.17, 15) is 0 Å². The van der Waals surface area contributed by atoms with Crippen molar-refractivity contribution in [3.63, 3.8) is 0 Å². The summed E-state index contributed by atoms with van der Waals surface area (Å²) >= 11 is 1.57. The molecular weight excluding hydrogens is 388 g/mol. The van der Waals surface area contributed by atoms with Gasteiger partial charge in [0.15, 0.2) is 5.58 Å². The predicted octanol–water partition coefficient (Wildman–Crippen LogP) is 4.75. The molecule has 0 saturated carbocycles. The highest BCUT2D eigenvalue weighted by Gasteiger charge is 2.15. The first kappa shape index (κ1) is 17.7. The number of aryl methyl sites for hydroxylation is 1. The van der Waals surface area contributed by atoms with Crippen LogP contribution in [0.3, 0.4) is 0 Å². The van der Waals surface area contributed by atoms with E-state index in [0.29, 0.717) is 23.8 Å². The molecule has 3 aromatic heterocycles. The molecule has 0 aliphatic heterocycles. The van der Waals surface area contributed by atoms with Crippen molar-refractivity contribution in [2.24, 2.45) is 0 Å². The number of aromatic nitrogens is 4. The zero-order valence-electron chi connectivity index (χ0n) is 16.0. The second kappa shape index (κ2) is 7.21. The third-order valence-corrected chi connectivity index (χ3v) is 5.60. The van der Waals surface area contributed by atoms with E-state index in [4.69, 9.17) is 13.9 Å². The lowest BCUT2D eigenvalue weighted by Gasteiger charge is -2.06. The first-order valence-corrected chi connectivity index (χ1v) is 10.1. The molecule has 0 N–H and O–H groups in total. The van der Waals surface area contributed by atoms with Crippen LogP contribution in [0.1, 0.15) is 17.5 Å². The third kappa shape index (κ3) is 3.42. The molecule has 0 unspecified atom stereocenters. The Morgan fingerprint density at radius 1 is 1.07 bits per heavy atom. The summed E-state index contributed by atoms with van der Waals surface area (Å²) in [4.78, 5) is 9.96. The molecule has 5 aromatic rings. The topological polar surface area (TPSA) is 74.7 Å². The minimum atomic E-state index is 0.458. The van der Waals surface area contributed by atoms with Gasteiger partial charge < -0.3 is 13.9 Å². The molecule has 0 amide bonds. The Balaban J connectivity index is 1.36. The minimum Gasteiger partial charge on any atom is -0.497 e. The van der Waals surface area contributed by atoms with E-state index in [1.165, 1.54) is 0 Å². The fourth-order valence-electron chi connectivity index (χ4n) is 2.98. The number of hydrogen-bond donors (Lipinski definition) is 0. The first-order chi connectivity index (χ1) is 14.2. The van der Waals surface area contributed by atoms with Crippen LogP contribution in [-0.4, -0.2) is 26.7 Å². The van der Waals surface area contributed by atoms with Gasteiger partial charge in [0.25, 0.3) is 0 Å². The Hall–Kier alpha value is -3.39. The number of rotatable bonds is 6. The fraction of sp³-hybridized carbons (Fsp3) is 0.190. The predicted molar refractivity (Wildman–Crippen MR) is 111 cm³/mol. The van der Waals surface area contributed by atoms with Crippen LogP contribution in [0.25, 0.3) is 27.6 Å². The van der Waals surface area contributed by atoms with Crippen LogP contribution >= 0.6 is 11.3 Å². The molecule has 8 heteroatoms. The number of oxazole rings is 1. The Kier molecular flexibility index (Phi) is 4.40. The second-order valence-corrected chi connectivity index (χ2v) is 7.53. The highest BCUT2D eigenvalue weighted by Crippen LogP contribution is 2.28. The molecule has 3 heterocycles. The lowest BCUT2D eigenvalue weighted by atomic mass is 10.2. The Labute approximate surface area is 170 Å². The Bertz CT molecular complexity index is 1260. The van der Waals surface area contributed by atoms with Gasteiger partial charge in [-0.1, -0.05) is 30.4 Å². The van der Waals surface area contributed by atoms with E-state index >= 15 is 0 Å². The van der Waals surface area contributed by atoms with Gasteiger partial charge in [0, 0.05) is 6.07 Å². The Morgan fingerprint density at radius 2 is 1.90 bits per heavy atom. The van der Waals surface area contributed by atoms with Crippen molar-refractivity contribution in [1.29, 1.82) is 0 Å². The third-order valence-electron chi connectivity index (χ3n) is 4.53. The van der Waals surface area contributed by atoms with Gasteiger partial charge in [0.2, 0.25) is 10.9 Å². The van der Waals surface area contributed by atoms with Crippen molar-refractivity contribution < 1.29 is 13.9 Å². The summed E-state index contributed by atoms with van der Waals surface area (Å²) in [6, 6.07) is 13.4. The zero-order chi connectivity index (χ0) is 19.8. The summed E-state index contributed by atoms with van der Waals surface area (Å²) in [6.45, 7) is 2.54. The number of benzene rings is 2. The zero-order valence-corrected chi connectivity index (χ0v) is 16.8. The number of methoxy groups -OCH3 is 1. The smallest absolute Gasteiger partial charge is 0.247 e. The summed E-state index contributed by atoms with van der Waals surface area (Å²) in [6.07, 6.45) is 2.74. The largest absolute Gasteiger partial charge is 0.497 e. The van der Waals surface area contributed by atoms with E-state index in [2.05, 4.69) is 22.0 Å². The van der Waals surface area contributed by atoms with Gasteiger partial charge in [0.05, 0.1) is 13.3 Å². The van der Waals surface area contributed by atoms with Gasteiger partial charge >= 0.3 is 0 Å². The summed E-state index contributed by atoms with van der Waals surface area (Å²) in [7, 11) is 1.65. The highest BCUT2D eigenvalue weighted by atomic mass is 32.1. The molecule has 0 aliphatic rings. The minimum absolute atomic E-state index is 0.458. The summed E-state index contributed by atoms with van der Waals surface area (Å²) in [5.74, 6) is 2.02. The fourth-order valence-corrected chi connectivity index (χ4v) is 3.79. The maximum atomic E-state index is 5.93. The van der Waals surface area contributed by atoms with Gasteiger partial charge in [-0.15, -0.1) is 0 Å². The molecule has 29 heavy (non-hydrogen) atoms. The lowest BCUT2D eigenvalue weighted by Crippen LogP contribution is -1.95. The second-order valence-electron chi connectivity index (χ2n) is 6.49. The highest BCUT2D eigenvalue weighted by molar-refractivity contribution is 7.16. The van der Waals surface area contributed by atoms with Crippen molar-refractivity contribution >= 4 is 27.4 Å². The average Bonchev–Trinajstić information content (AvgIpc) is 3.44. The summed E-state index contributed by atoms with van der Waals surface area (Å²) in [5, 5.41) is 5.54. The van der Waals surface area contributed by atoms with E-state index in [1.807, 2.05) is 48.7 Å². The van der Waals surface area contributed by atoms with Crippen LogP contribution < -0.4 is 9.47 Å². The number of ether oxygens (including phenoxy) is 2. The normalized spacial score (nSPS) is 11.4. The molecule has 0 saturated heterocycles. The van der Waals surface area contributed by atoms with Crippen LogP contribution in [0.2, 0.25) is 0 Å². The van der Waals surface area contributed by atoms with Gasteiger partial charge in [-0.2, -0.15) is 5.10 Å². The number of imidazole rings is 1. The van der Waals surface area contributed by atoms with Crippen molar-refractivity contribution in [3.05, 3.63) is 59.2 Å². The molecule has 0 bridgehead atoms. The number of fused-ring (bicyclic) bond motifs is 2. The van der Waals surface area contributed by atoms with E-state index in [0.717, 1.165) is 39.0 Å². The van der Waals surface area contributed by atoms with Gasteiger partial charge in [-0.05, 0) is 36.2 Å². The lowest BCUT2D eigenvalue weighted by molar-refractivity contribution is 0.306. The van der Waals surface area contributed by atoms with E-state index in [-0.39, 0.29) is 0 Å². The van der Waals surface area contributed by atoms with Crippen LogP contribution in [0.5, 0.6) is 11.5 Å². The molecule has 2 aromatic carbocycles. The first-order valence-electron chi connectivity index (χ1n) is 9.23. The molecule has 0 aliphatic carbocycles. The molecule has 146 valence electrons. The maximum absolute atomic E-state index is 5.93. The van der Waals surface area contributed by atoms with Crippen molar-refractivity contribution in [2.75, 3.05) is 7.11 Å².